The first-order valence-corrected chi connectivity index (χ1v) is 7.01. The molecule has 0 amide bonds. The van der Waals surface area contributed by atoms with Crippen molar-refractivity contribution in [1.29, 1.82) is 0 Å². The number of carboxylic acid groups (broad SMARTS) is 1. The Morgan fingerprint density at radius 1 is 1.45 bits per heavy atom. The molecule has 0 saturated carbocycles. The summed E-state index contributed by atoms with van der Waals surface area (Å²) in [6.07, 6.45) is 0. The number of phenols is 1. The fraction of sp³-hybridized carbons (Fsp3) is 0.250. The zero-order valence-corrected chi connectivity index (χ0v) is 12.6. The number of aromatic hydroxyl groups is 1. The summed E-state index contributed by atoms with van der Waals surface area (Å²) in [7, 11) is 2.87. The number of carboxylic acids is 1. The van der Waals surface area contributed by atoms with Crippen LogP contribution >= 0.6 is 11.8 Å². The summed E-state index contributed by atoms with van der Waals surface area (Å²) in [5.41, 5.74) is 3.52. The number of anilines is 1. The molecule has 10 heteroatoms. The van der Waals surface area contributed by atoms with Gasteiger partial charge >= 0.3 is 5.97 Å². The molecule has 1 aromatic heterocycles. The maximum Gasteiger partial charge on any atom is 0.313 e. The number of phenolic OH excluding ortho intramolecular Hbond substituents is 1. The van der Waals surface area contributed by atoms with Crippen molar-refractivity contribution in [3.05, 3.63) is 12.1 Å². The minimum absolute atomic E-state index is 0.116. The van der Waals surface area contributed by atoms with Gasteiger partial charge in [0, 0.05) is 6.07 Å². The maximum absolute atomic E-state index is 10.5. The fourth-order valence-corrected chi connectivity index (χ4v) is 2.20. The predicted octanol–water partition coefficient (Wildman–Crippen LogP) is 1.34. The van der Waals surface area contributed by atoms with Gasteiger partial charge in [0.25, 0.3) is 0 Å². The van der Waals surface area contributed by atoms with Crippen molar-refractivity contribution in [1.82, 2.24) is 15.2 Å². The molecule has 0 aliphatic heterocycles. The largest absolute Gasteiger partial charge is 0.504 e. The van der Waals surface area contributed by atoms with Crippen LogP contribution in [-0.4, -0.2) is 51.3 Å². The molecule has 0 aliphatic rings. The second kappa shape index (κ2) is 7.00. The standard InChI is InChI=1S/C12H14N4O5S/c1-20-8-4-6(16-21-2)3-7(10(8)19)11-13-12(15-14-11)22-5-9(17)18/h3-4,16,19H,5H2,1-2H3,(H,17,18)(H,13,14,15). The second-order valence-electron chi connectivity index (χ2n) is 4.03. The van der Waals surface area contributed by atoms with Crippen LogP contribution < -0.4 is 10.2 Å². The van der Waals surface area contributed by atoms with E-state index in [-0.39, 0.29) is 28.2 Å². The number of carbonyl (C=O) groups is 1. The van der Waals surface area contributed by atoms with E-state index in [1.807, 2.05) is 0 Å². The van der Waals surface area contributed by atoms with Gasteiger partial charge in [-0.1, -0.05) is 11.8 Å². The van der Waals surface area contributed by atoms with Crippen LogP contribution in [0, 0.1) is 0 Å². The van der Waals surface area contributed by atoms with Crippen molar-refractivity contribution >= 4 is 23.4 Å². The van der Waals surface area contributed by atoms with Crippen molar-refractivity contribution in [2.45, 2.75) is 5.16 Å². The van der Waals surface area contributed by atoms with Gasteiger partial charge in [-0.05, 0) is 6.07 Å². The zero-order chi connectivity index (χ0) is 16.1. The van der Waals surface area contributed by atoms with Gasteiger partial charge in [-0.3, -0.25) is 20.2 Å². The summed E-state index contributed by atoms with van der Waals surface area (Å²) in [4.78, 5) is 19.5. The van der Waals surface area contributed by atoms with E-state index in [0.717, 1.165) is 11.8 Å². The number of nitrogens with zero attached hydrogens (tertiary/aromatic N) is 2. The van der Waals surface area contributed by atoms with Crippen molar-refractivity contribution in [2.24, 2.45) is 0 Å². The molecule has 2 rings (SSSR count). The normalized spacial score (nSPS) is 10.5. The molecule has 0 spiro atoms. The third-order valence-electron chi connectivity index (χ3n) is 2.56. The van der Waals surface area contributed by atoms with E-state index in [0.29, 0.717) is 11.3 Å². The van der Waals surface area contributed by atoms with Crippen LogP contribution in [0.1, 0.15) is 0 Å². The molecule has 0 aliphatic carbocycles. The Morgan fingerprint density at radius 3 is 2.86 bits per heavy atom. The Labute approximate surface area is 129 Å². The van der Waals surface area contributed by atoms with Gasteiger partial charge in [0.1, 0.15) is 0 Å². The lowest BCUT2D eigenvalue weighted by atomic mass is 10.1. The van der Waals surface area contributed by atoms with E-state index in [2.05, 4.69) is 20.7 Å². The van der Waals surface area contributed by atoms with Gasteiger partial charge in [0.2, 0.25) is 5.16 Å². The smallest absolute Gasteiger partial charge is 0.313 e. The molecule has 0 radical (unpaired) electrons. The van der Waals surface area contributed by atoms with E-state index < -0.39 is 5.97 Å². The van der Waals surface area contributed by atoms with Crippen LogP contribution in [0.4, 0.5) is 5.69 Å². The lowest BCUT2D eigenvalue weighted by Gasteiger charge is -2.11. The molecule has 1 aromatic carbocycles. The number of thioether (sulfide) groups is 1. The zero-order valence-electron chi connectivity index (χ0n) is 11.8. The molecule has 0 fully saturated rings. The summed E-state index contributed by atoms with van der Waals surface area (Å²) in [5, 5.41) is 25.6. The summed E-state index contributed by atoms with van der Waals surface area (Å²) < 4.78 is 5.09. The molecule has 9 nitrogen and oxygen atoms in total. The summed E-state index contributed by atoms with van der Waals surface area (Å²) >= 11 is 0.968. The van der Waals surface area contributed by atoms with Gasteiger partial charge in [-0.15, -0.1) is 5.10 Å². The number of ether oxygens (including phenoxy) is 1. The van der Waals surface area contributed by atoms with Crippen molar-refractivity contribution in [3.8, 4) is 22.9 Å². The Kier molecular flexibility index (Phi) is 5.07. The monoisotopic (exact) mass is 326 g/mol. The number of hydrogen-bond donors (Lipinski definition) is 4. The Hall–Kier alpha value is -2.46. The van der Waals surface area contributed by atoms with Gasteiger partial charge in [0.15, 0.2) is 17.3 Å². The topological polar surface area (TPSA) is 130 Å². The summed E-state index contributed by atoms with van der Waals surface area (Å²) in [5.74, 6) is -0.725. The lowest BCUT2D eigenvalue weighted by Crippen LogP contribution is -1.98. The molecule has 1 heterocycles. The Bertz CT molecular complexity index is 676. The van der Waals surface area contributed by atoms with E-state index in [1.54, 1.807) is 12.1 Å². The highest BCUT2D eigenvalue weighted by Gasteiger charge is 2.16. The second-order valence-corrected chi connectivity index (χ2v) is 4.97. The average Bonchev–Trinajstić information content (AvgIpc) is 2.95. The predicted molar refractivity (Wildman–Crippen MR) is 79.0 cm³/mol. The highest BCUT2D eigenvalue weighted by molar-refractivity contribution is 7.99. The number of aliphatic carboxylic acids is 1. The van der Waals surface area contributed by atoms with Crippen LogP contribution in [0.5, 0.6) is 11.5 Å². The number of nitrogens with one attached hydrogen (secondary N) is 2. The van der Waals surface area contributed by atoms with Crippen LogP contribution in [-0.2, 0) is 9.63 Å². The summed E-state index contributed by atoms with van der Waals surface area (Å²) in [6.45, 7) is 0. The third kappa shape index (κ3) is 3.59. The number of methoxy groups -OCH3 is 1. The molecule has 0 bridgehead atoms. The first kappa shape index (κ1) is 15.9. The number of rotatable bonds is 7. The highest BCUT2D eigenvalue weighted by atomic mass is 32.2. The average molecular weight is 326 g/mol. The summed E-state index contributed by atoms with van der Waals surface area (Å²) in [6, 6.07) is 3.15. The van der Waals surface area contributed by atoms with Crippen LogP contribution in [0.25, 0.3) is 11.4 Å². The van der Waals surface area contributed by atoms with Crippen LogP contribution in [0.3, 0.4) is 0 Å². The molecule has 0 saturated heterocycles. The van der Waals surface area contributed by atoms with Crippen LogP contribution in [0.2, 0.25) is 0 Å². The highest BCUT2D eigenvalue weighted by Crippen LogP contribution is 2.38. The Morgan fingerprint density at radius 2 is 2.23 bits per heavy atom. The molecular weight excluding hydrogens is 312 g/mol. The van der Waals surface area contributed by atoms with E-state index >= 15 is 0 Å². The molecule has 2 aromatic rings. The Balaban J connectivity index is 2.34. The van der Waals surface area contributed by atoms with Gasteiger partial charge in [-0.2, -0.15) is 0 Å². The quantitative estimate of drug-likeness (QED) is 0.338. The fourth-order valence-electron chi connectivity index (χ4n) is 1.68. The minimum atomic E-state index is -0.966. The molecule has 4 N–H and O–H groups in total. The van der Waals surface area contributed by atoms with Crippen molar-refractivity contribution < 1.29 is 24.6 Å². The molecule has 22 heavy (non-hydrogen) atoms. The molecule has 0 unspecified atom stereocenters. The van der Waals surface area contributed by atoms with Crippen LogP contribution in [0.15, 0.2) is 17.3 Å². The van der Waals surface area contributed by atoms with E-state index in [9.17, 15) is 9.90 Å². The van der Waals surface area contributed by atoms with Gasteiger partial charge in [0.05, 0.1) is 31.2 Å². The maximum atomic E-state index is 10.5. The molecule has 118 valence electrons. The van der Waals surface area contributed by atoms with Crippen molar-refractivity contribution in [3.63, 3.8) is 0 Å². The van der Waals surface area contributed by atoms with Crippen molar-refractivity contribution in [2.75, 3.05) is 25.5 Å². The van der Waals surface area contributed by atoms with Gasteiger partial charge < -0.3 is 14.9 Å². The van der Waals surface area contributed by atoms with E-state index in [4.69, 9.17) is 14.7 Å². The number of hydrogen-bond acceptors (Lipinski definition) is 8. The number of benzene rings is 1. The first-order valence-electron chi connectivity index (χ1n) is 6.02. The number of H-pyrrole nitrogens is 1. The first-order chi connectivity index (χ1) is 10.5. The number of aromatic amines is 1. The minimum Gasteiger partial charge on any atom is -0.504 e. The SMILES string of the molecule is CONc1cc(OC)c(O)c(-c2nc(SCC(=O)O)n[nH]2)c1. The molecular formula is C12H14N4O5S. The van der Waals surface area contributed by atoms with Gasteiger partial charge in [-0.25, -0.2) is 4.98 Å². The lowest BCUT2D eigenvalue weighted by molar-refractivity contribution is -0.133. The third-order valence-corrected chi connectivity index (χ3v) is 3.39. The molecule has 0 atom stereocenters. The van der Waals surface area contributed by atoms with E-state index in [1.165, 1.54) is 14.2 Å². The number of aromatic nitrogens is 3.